The smallest absolute Gasteiger partial charge is 0.228 e. The molecule has 1 aromatic carbocycles. The molecule has 2 aliphatic carbocycles. The largest absolute Gasteiger partial charge is 0.353 e. The Morgan fingerprint density at radius 1 is 1.09 bits per heavy atom. The molecule has 2 unspecified atom stereocenters. The van der Waals surface area contributed by atoms with Crippen LogP contribution in [-0.2, 0) is 9.59 Å². The molecule has 3 rings (SSSR count). The maximum atomic E-state index is 12.2. The molecule has 0 spiro atoms. The predicted molar refractivity (Wildman–Crippen MR) is 91.4 cm³/mol. The van der Waals surface area contributed by atoms with Crippen LogP contribution in [0.25, 0.3) is 0 Å². The molecule has 0 aromatic heterocycles. The highest BCUT2D eigenvalue weighted by molar-refractivity contribution is 6.31. The molecule has 2 N–H and O–H groups in total. The average Bonchev–Trinajstić information content (AvgIpc) is 3.33. The molecule has 0 heterocycles. The minimum absolute atomic E-state index is 0.0407. The predicted octanol–water partition coefficient (Wildman–Crippen LogP) is 3.67. The van der Waals surface area contributed by atoms with Crippen molar-refractivity contribution in [1.29, 1.82) is 0 Å². The van der Waals surface area contributed by atoms with E-state index in [9.17, 15) is 9.59 Å². The van der Waals surface area contributed by atoms with Gasteiger partial charge in [0, 0.05) is 16.8 Å². The lowest BCUT2D eigenvalue weighted by molar-refractivity contribution is -0.126. The van der Waals surface area contributed by atoms with E-state index < -0.39 is 0 Å². The fourth-order valence-electron chi connectivity index (χ4n) is 3.24. The van der Waals surface area contributed by atoms with Crippen LogP contribution in [0.3, 0.4) is 0 Å². The van der Waals surface area contributed by atoms with Crippen LogP contribution >= 0.6 is 11.6 Å². The van der Waals surface area contributed by atoms with Gasteiger partial charge in [0.05, 0.1) is 11.8 Å². The van der Waals surface area contributed by atoms with Crippen molar-refractivity contribution in [3.63, 3.8) is 0 Å². The second-order valence-corrected chi connectivity index (χ2v) is 7.15. The molecule has 4 nitrogen and oxygen atoms in total. The summed E-state index contributed by atoms with van der Waals surface area (Å²) in [6, 6.07) is 5.75. The number of rotatable bonds is 4. The van der Waals surface area contributed by atoms with Crippen LogP contribution in [0.2, 0.25) is 5.02 Å². The van der Waals surface area contributed by atoms with Crippen LogP contribution in [-0.4, -0.2) is 17.9 Å². The highest BCUT2D eigenvalue weighted by Gasteiger charge is 2.48. The van der Waals surface area contributed by atoms with Gasteiger partial charge in [0.1, 0.15) is 0 Å². The van der Waals surface area contributed by atoms with Gasteiger partial charge in [0.15, 0.2) is 0 Å². The van der Waals surface area contributed by atoms with Crippen molar-refractivity contribution in [2.45, 2.75) is 51.5 Å². The van der Waals surface area contributed by atoms with Gasteiger partial charge in [-0.15, -0.1) is 0 Å². The molecule has 2 saturated carbocycles. The number of halogens is 1. The van der Waals surface area contributed by atoms with Gasteiger partial charge in [-0.2, -0.15) is 0 Å². The third-order valence-electron chi connectivity index (χ3n) is 4.85. The van der Waals surface area contributed by atoms with E-state index >= 15 is 0 Å². The number of carbonyl (C=O) groups is 2. The average molecular weight is 335 g/mol. The number of nitrogens with one attached hydrogen (secondary N) is 2. The van der Waals surface area contributed by atoms with E-state index in [2.05, 4.69) is 10.6 Å². The van der Waals surface area contributed by atoms with Crippen LogP contribution in [0.4, 0.5) is 5.69 Å². The van der Waals surface area contributed by atoms with Gasteiger partial charge in [0.2, 0.25) is 11.8 Å². The van der Waals surface area contributed by atoms with Gasteiger partial charge < -0.3 is 10.6 Å². The molecular formula is C18H23ClN2O2. The first-order valence-corrected chi connectivity index (χ1v) is 8.80. The topological polar surface area (TPSA) is 58.2 Å². The molecule has 0 aliphatic heterocycles. The third kappa shape index (κ3) is 4.05. The normalized spacial score (nSPS) is 24.1. The molecule has 2 fully saturated rings. The van der Waals surface area contributed by atoms with Crippen molar-refractivity contribution in [1.82, 2.24) is 5.32 Å². The zero-order valence-corrected chi connectivity index (χ0v) is 14.2. The Morgan fingerprint density at radius 3 is 2.48 bits per heavy atom. The lowest BCUT2D eigenvalue weighted by Gasteiger charge is -2.22. The van der Waals surface area contributed by atoms with Crippen LogP contribution in [0.5, 0.6) is 0 Å². The molecule has 2 amide bonds. The van der Waals surface area contributed by atoms with E-state index in [0.29, 0.717) is 23.2 Å². The van der Waals surface area contributed by atoms with Crippen LogP contribution in [0.1, 0.15) is 44.1 Å². The summed E-state index contributed by atoms with van der Waals surface area (Å²) in [6.45, 7) is 1.92. The van der Waals surface area contributed by atoms with E-state index in [1.807, 2.05) is 19.1 Å². The van der Waals surface area contributed by atoms with E-state index in [1.54, 1.807) is 6.07 Å². The molecule has 1 aromatic rings. The number of anilines is 1. The third-order valence-corrected chi connectivity index (χ3v) is 5.26. The van der Waals surface area contributed by atoms with Crippen molar-refractivity contribution in [2.75, 3.05) is 5.32 Å². The first kappa shape index (κ1) is 16.3. The first-order chi connectivity index (χ1) is 11.0. The number of carbonyl (C=O) groups excluding carboxylic acids is 2. The van der Waals surface area contributed by atoms with Gasteiger partial charge in [-0.05, 0) is 43.9 Å². The van der Waals surface area contributed by atoms with Gasteiger partial charge in [-0.25, -0.2) is 0 Å². The van der Waals surface area contributed by atoms with E-state index in [4.69, 9.17) is 11.6 Å². The molecule has 2 atom stereocenters. The molecular weight excluding hydrogens is 312 g/mol. The number of aryl methyl sites for hydroxylation is 1. The Hall–Kier alpha value is -1.55. The number of hydrogen-bond donors (Lipinski definition) is 2. The van der Waals surface area contributed by atoms with E-state index in [1.165, 1.54) is 19.3 Å². The maximum Gasteiger partial charge on any atom is 0.228 e. The Labute approximate surface area is 142 Å². The standard InChI is InChI=1S/C18H23ClN2O2/c1-11-7-8-13(9-16(11)19)21-18(23)15-10-14(15)17(22)20-12-5-3-2-4-6-12/h7-9,12,14-15H,2-6,10H2,1H3,(H,20,22)(H,21,23). The zero-order chi connectivity index (χ0) is 16.4. The lowest BCUT2D eigenvalue weighted by atomic mass is 9.95. The highest BCUT2D eigenvalue weighted by atomic mass is 35.5. The summed E-state index contributed by atoms with van der Waals surface area (Å²) in [6.07, 6.45) is 6.42. The second-order valence-electron chi connectivity index (χ2n) is 6.75. The SMILES string of the molecule is Cc1ccc(NC(=O)C2CC2C(=O)NC2CCCCC2)cc1Cl. The Morgan fingerprint density at radius 2 is 1.78 bits per heavy atom. The first-order valence-electron chi connectivity index (χ1n) is 8.42. The van der Waals surface area contributed by atoms with Gasteiger partial charge in [-0.1, -0.05) is 36.9 Å². The number of hydrogen-bond acceptors (Lipinski definition) is 2. The zero-order valence-electron chi connectivity index (χ0n) is 13.4. The second kappa shape index (κ2) is 6.91. The van der Waals surface area contributed by atoms with Gasteiger partial charge >= 0.3 is 0 Å². The van der Waals surface area contributed by atoms with Crippen LogP contribution in [0, 0.1) is 18.8 Å². The summed E-state index contributed by atoms with van der Waals surface area (Å²) in [5.74, 6) is -0.427. The van der Waals surface area contributed by atoms with Crippen LogP contribution < -0.4 is 10.6 Å². The molecule has 0 radical (unpaired) electrons. The van der Waals surface area contributed by atoms with Crippen molar-refractivity contribution in [3.05, 3.63) is 28.8 Å². The summed E-state index contributed by atoms with van der Waals surface area (Å²) in [5.41, 5.74) is 1.66. The van der Waals surface area contributed by atoms with Crippen molar-refractivity contribution in [3.8, 4) is 0 Å². The van der Waals surface area contributed by atoms with Crippen molar-refractivity contribution < 1.29 is 9.59 Å². The Balaban J connectivity index is 1.49. The Bertz CT molecular complexity index is 611. The minimum Gasteiger partial charge on any atom is -0.353 e. The molecule has 0 bridgehead atoms. The number of benzene rings is 1. The maximum absolute atomic E-state index is 12.2. The quantitative estimate of drug-likeness (QED) is 0.882. The monoisotopic (exact) mass is 334 g/mol. The fourth-order valence-corrected chi connectivity index (χ4v) is 3.42. The molecule has 23 heavy (non-hydrogen) atoms. The summed E-state index contributed by atoms with van der Waals surface area (Å²) in [4.78, 5) is 24.5. The van der Waals surface area contributed by atoms with Gasteiger partial charge in [0.25, 0.3) is 0 Å². The Kier molecular flexibility index (Phi) is 4.90. The molecule has 5 heteroatoms. The van der Waals surface area contributed by atoms with Gasteiger partial charge in [-0.3, -0.25) is 9.59 Å². The number of amides is 2. The molecule has 0 saturated heterocycles. The fraction of sp³-hybridized carbons (Fsp3) is 0.556. The summed E-state index contributed by atoms with van der Waals surface area (Å²) >= 11 is 6.06. The van der Waals surface area contributed by atoms with E-state index in [-0.39, 0.29) is 23.7 Å². The van der Waals surface area contributed by atoms with Crippen LogP contribution in [0.15, 0.2) is 18.2 Å². The summed E-state index contributed by atoms with van der Waals surface area (Å²) in [7, 11) is 0. The summed E-state index contributed by atoms with van der Waals surface area (Å²) in [5, 5.41) is 6.59. The van der Waals surface area contributed by atoms with Crippen molar-refractivity contribution in [2.24, 2.45) is 11.8 Å². The molecule has 2 aliphatic rings. The van der Waals surface area contributed by atoms with Crippen molar-refractivity contribution >= 4 is 29.1 Å². The highest BCUT2D eigenvalue weighted by Crippen LogP contribution is 2.40. The minimum atomic E-state index is -0.210. The van der Waals surface area contributed by atoms with E-state index in [0.717, 1.165) is 18.4 Å². The molecule has 124 valence electrons. The summed E-state index contributed by atoms with van der Waals surface area (Å²) < 4.78 is 0. The lowest BCUT2D eigenvalue weighted by Crippen LogP contribution is -2.37.